The lowest BCUT2D eigenvalue weighted by atomic mass is 10.1. The van der Waals surface area contributed by atoms with E-state index in [0.29, 0.717) is 5.56 Å². The average Bonchev–Trinajstić information content (AvgIpc) is 2.85. The standard InChI is InChI=1S/C16H11BrN2O/c17-14-5-3-7-16(13(14)10-20)19-9-11(8-18)12-4-1-2-6-15(12)19/h1-7,9,20H,10H2. The Morgan fingerprint density at radius 2 is 1.95 bits per heavy atom. The van der Waals surface area contributed by atoms with Crippen LogP contribution >= 0.6 is 15.9 Å². The molecule has 20 heavy (non-hydrogen) atoms. The minimum absolute atomic E-state index is 0.0643. The Morgan fingerprint density at radius 3 is 2.70 bits per heavy atom. The molecule has 0 aliphatic carbocycles. The van der Waals surface area contributed by atoms with Gasteiger partial charge in [-0.15, -0.1) is 0 Å². The first-order valence-corrected chi connectivity index (χ1v) is 6.94. The SMILES string of the molecule is N#Cc1cn(-c2cccc(Br)c2CO)c2ccccc12. The Hall–Kier alpha value is -2.09. The zero-order chi connectivity index (χ0) is 14.1. The molecular formula is C16H11BrN2O. The summed E-state index contributed by atoms with van der Waals surface area (Å²) in [6, 6.07) is 15.7. The summed E-state index contributed by atoms with van der Waals surface area (Å²) < 4.78 is 2.80. The molecule has 0 aliphatic heterocycles. The van der Waals surface area contributed by atoms with Crippen LogP contribution in [-0.2, 0) is 6.61 Å². The number of hydrogen-bond donors (Lipinski definition) is 1. The second kappa shape index (κ2) is 5.12. The van der Waals surface area contributed by atoms with Crippen molar-refractivity contribution in [3.8, 4) is 11.8 Å². The third kappa shape index (κ3) is 1.92. The Labute approximate surface area is 124 Å². The summed E-state index contributed by atoms with van der Waals surface area (Å²) in [5, 5.41) is 19.8. The molecule has 1 heterocycles. The highest BCUT2D eigenvalue weighted by Gasteiger charge is 2.13. The van der Waals surface area contributed by atoms with Crippen LogP contribution in [0.4, 0.5) is 0 Å². The van der Waals surface area contributed by atoms with Gasteiger partial charge in [-0.25, -0.2) is 0 Å². The van der Waals surface area contributed by atoms with Crippen molar-refractivity contribution in [1.29, 1.82) is 5.26 Å². The van der Waals surface area contributed by atoms with Crippen LogP contribution < -0.4 is 0 Å². The van der Waals surface area contributed by atoms with Crippen molar-refractivity contribution in [2.24, 2.45) is 0 Å². The first kappa shape index (κ1) is 12.9. The normalized spacial score (nSPS) is 10.7. The van der Waals surface area contributed by atoms with Gasteiger partial charge < -0.3 is 9.67 Å². The summed E-state index contributed by atoms with van der Waals surface area (Å²) in [4.78, 5) is 0. The number of aliphatic hydroxyl groups excluding tert-OH is 1. The summed E-state index contributed by atoms with van der Waals surface area (Å²) in [5.41, 5.74) is 3.26. The zero-order valence-corrected chi connectivity index (χ0v) is 12.1. The van der Waals surface area contributed by atoms with Crippen LogP contribution in [0, 0.1) is 11.3 Å². The van der Waals surface area contributed by atoms with E-state index in [4.69, 9.17) is 0 Å². The van der Waals surface area contributed by atoms with E-state index >= 15 is 0 Å². The van der Waals surface area contributed by atoms with Crippen LogP contribution in [0.5, 0.6) is 0 Å². The van der Waals surface area contributed by atoms with E-state index in [1.165, 1.54) is 0 Å². The van der Waals surface area contributed by atoms with Crippen LogP contribution in [0.25, 0.3) is 16.6 Å². The van der Waals surface area contributed by atoms with Crippen LogP contribution in [-0.4, -0.2) is 9.67 Å². The van der Waals surface area contributed by atoms with Gasteiger partial charge in [-0.05, 0) is 18.2 Å². The van der Waals surface area contributed by atoms with Gasteiger partial charge in [0, 0.05) is 21.6 Å². The van der Waals surface area contributed by atoms with E-state index < -0.39 is 0 Å². The first-order valence-electron chi connectivity index (χ1n) is 6.15. The van der Waals surface area contributed by atoms with Gasteiger partial charge in [0.15, 0.2) is 0 Å². The molecule has 1 N–H and O–H groups in total. The number of benzene rings is 2. The number of aromatic nitrogens is 1. The van der Waals surface area contributed by atoms with Crippen LogP contribution in [0.1, 0.15) is 11.1 Å². The largest absolute Gasteiger partial charge is 0.392 e. The molecule has 4 heteroatoms. The average molecular weight is 327 g/mol. The van der Waals surface area contributed by atoms with E-state index in [0.717, 1.165) is 26.6 Å². The maximum absolute atomic E-state index is 9.59. The molecule has 1 aromatic heterocycles. The van der Waals surface area contributed by atoms with E-state index in [1.807, 2.05) is 53.2 Å². The summed E-state index contributed by atoms with van der Waals surface area (Å²) in [6.45, 7) is -0.0643. The number of fused-ring (bicyclic) bond motifs is 1. The molecule has 3 nitrogen and oxygen atoms in total. The highest BCUT2D eigenvalue weighted by molar-refractivity contribution is 9.10. The molecule has 0 radical (unpaired) electrons. The Morgan fingerprint density at radius 1 is 1.15 bits per heavy atom. The maximum Gasteiger partial charge on any atom is 0.101 e. The summed E-state index contributed by atoms with van der Waals surface area (Å²) >= 11 is 3.45. The van der Waals surface area contributed by atoms with Gasteiger partial charge in [-0.2, -0.15) is 5.26 Å². The number of rotatable bonds is 2. The molecule has 2 aromatic carbocycles. The fraction of sp³-hybridized carbons (Fsp3) is 0.0625. The molecule has 3 rings (SSSR count). The van der Waals surface area contributed by atoms with Crippen molar-refractivity contribution in [2.75, 3.05) is 0 Å². The van der Waals surface area contributed by atoms with E-state index in [9.17, 15) is 10.4 Å². The summed E-state index contributed by atoms with van der Waals surface area (Å²) in [5.74, 6) is 0. The van der Waals surface area contributed by atoms with Gasteiger partial charge in [0.2, 0.25) is 0 Å². The number of nitrogens with zero attached hydrogens (tertiary/aromatic N) is 2. The van der Waals surface area contributed by atoms with Crippen molar-refractivity contribution in [2.45, 2.75) is 6.61 Å². The smallest absolute Gasteiger partial charge is 0.101 e. The number of aliphatic hydroxyl groups is 1. The second-order valence-electron chi connectivity index (χ2n) is 4.44. The second-order valence-corrected chi connectivity index (χ2v) is 5.29. The van der Waals surface area contributed by atoms with Gasteiger partial charge in [0.1, 0.15) is 6.07 Å². The fourth-order valence-electron chi connectivity index (χ4n) is 2.40. The third-order valence-corrected chi connectivity index (χ3v) is 4.09. The van der Waals surface area contributed by atoms with Gasteiger partial charge >= 0.3 is 0 Å². The lowest BCUT2D eigenvalue weighted by molar-refractivity contribution is 0.281. The van der Waals surface area contributed by atoms with Gasteiger partial charge in [-0.1, -0.05) is 40.2 Å². The van der Waals surface area contributed by atoms with Crippen molar-refractivity contribution >= 4 is 26.8 Å². The van der Waals surface area contributed by atoms with Crippen molar-refractivity contribution < 1.29 is 5.11 Å². The van der Waals surface area contributed by atoms with E-state index in [-0.39, 0.29) is 6.61 Å². The summed E-state index contributed by atoms with van der Waals surface area (Å²) in [6.07, 6.45) is 1.81. The van der Waals surface area contributed by atoms with E-state index in [1.54, 1.807) is 0 Å². The van der Waals surface area contributed by atoms with Crippen molar-refractivity contribution in [3.05, 3.63) is 64.3 Å². The Kier molecular flexibility index (Phi) is 3.31. The predicted molar refractivity (Wildman–Crippen MR) is 81.6 cm³/mol. The Bertz CT molecular complexity index is 830. The van der Waals surface area contributed by atoms with Gasteiger partial charge in [-0.3, -0.25) is 0 Å². The number of para-hydroxylation sites is 1. The van der Waals surface area contributed by atoms with Crippen LogP contribution in [0.2, 0.25) is 0 Å². The summed E-state index contributed by atoms with van der Waals surface area (Å²) in [7, 11) is 0. The highest BCUT2D eigenvalue weighted by atomic mass is 79.9. The molecule has 0 saturated heterocycles. The molecule has 98 valence electrons. The van der Waals surface area contributed by atoms with Gasteiger partial charge in [0.25, 0.3) is 0 Å². The highest BCUT2D eigenvalue weighted by Crippen LogP contribution is 2.29. The minimum atomic E-state index is -0.0643. The maximum atomic E-state index is 9.59. The molecule has 0 saturated carbocycles. The van der Waals surface area contributed by atoms with Gasteiger partial charge in [0.05, 0.1) is 23.4 Å². The van der Waals surface area contributed by atoms with Crippen molar-refractivity contribution in [3.63, 3.8) is 0 Å². The molecule has 3 aromatic rings. The first-order chi connectivity index (χ1) is 9.76. The fourth-order valence-corrected chi connectivity index (χ4v) is 2.88. The van der Waals surface area contributed by atoms with Crippen LogP contribution in [0.15, 0.2) is 53.1 Å². The quantitative estimate of drug-likeness (QED) is 0.779. The molecule has 0 aliphatic rings. The molecule has 0 atom stereocenters. The lowest BCUT2D eigenvalue weighted by Gasteiger charge is -2.11. The number of nitriles is 1. The predicted octanol–water partition coefficient (Wildman–Crippen LogP) is 3.76. The monoisotopic (exact) mass is 326 g/mol. The molecule has 0 bridgehead atoms. The molecule has 0 fully saturated rings. The number of halogens is 1. The van der Waals surface area contributed by atoms with Crippen molar-refractivity contribution in [1.82, 2.24) is 4.57 Å². The minimum Gasteiger partial charge on any atom is -0.392 e. The zero-order valence-electron chi connectivity index (χ0n) is 10.5. The molecular weight excluding hydrogens is 316 g/mol. The molecule has 0 spiro atoms. The topological polar surface area (TPSA) is 49.0 Å². The third-order valence-electron chi connectivity index (χ3n) is 3.34. The van der Waals surface area contributed by atoms with Crippen LogP contribution in [0.3, 0.4) is 0 Å². The lowest BCUT2D eigenvalue weighted by Crippen LogP contribution is -1.99. The van der Waals surface area contributed by atoms with E-state index in [2.05, 4.69) is 22.0 Å². The molecule has 0 amide bonds. The Balaban J connectivity index is 2.37. The number of hydrogen-bond acceptors (Lipinski definition) is 2. The molecule has 0 unspecified atom stereocenters.